The molecule has 6 atom stereocenters. The molecule has 0 unspecified atom stereocenters. The number of nitrogens with one attached hydrogen (secondary N) is 3. The maximum atomic E-state index is 14.9. The van der Waals surface area contributed by atoms with E-state index in [1.54, 1.807) is 12.0 Å². The molecule has 306 valence electrons. The predicted molar refractivity (Wildman–Crippen MR) is 211 cm³/mol. The van der Waals surface area contributed by atoms with Gasteiger partial charge in [-0.25, -0.2) is 18.2 Å². The van der Waals surface area contributed by atoms with Crippen LogP contribution in [0.2, 0.25) is 0 Å². The van der Waals surface area contributed by atoms with Gasteiger partial charge in [-0.3, -0.25) is 19.1 Å². The predicted octanol–water partition coefficient (Wildman–Crippen LogP) is 3.43. The smallest absolute Gasteiger partial charge is 0.318 e. The number of benzene rings is 1. The summed E-state index contributed by atoms with van der Waals surface area (Å²) in [6.07, 6.45) is 11.4. The van der Waals surface area contributed by atoms with Crippen molar-refractivity contribution in [1.29, 1.82) is 0 Å². The molecule has 6 aliphatic rings. The fourth-order valence-corrected chi connectivity index (χ4v) is 10.2. The van der Waals surface area contributed by atoms with Gasteiger partial charge >= 0.3 is 6.03 Å². The summed E-state index contributed by atoms with van der Waals surface area (Å²) < 4.78 is 46.1. The van der Waals surface area contributed by atoms with Crippen LogP contribution in [0.25, 0.3) is 17.0 Å². The monoisotopic (exact) mass is 804 g/mol. The number of hydrogen-bond donors (Lipinski definition) is 3. The molecule has 3 aliphatic carbocycles. The highest BCUT2D eigenvalue weighted by Gasteiger charge is 2.62. The molecule has 0 spiro atoms. The Bertz CT molecular complexity index is 2070. The van der Waals surface area contributed by atoms with Crippen LogP contribution in [0, 0.1) is 11.8 Å². The molecule has 2 aromatic rings. The number of rotatable bonds is 8. The molecule has 15 nitrogen and oxygen atoms in total. The minimum Gasteiger partial charge on any atom is -0.497 e. The van der Waals surface area contributed by atoms with E-state index < -0.39 is 62.6 Å². The van der Waals surface area contributed by atoms with Crippen LogP contribution >= 0.6 is 0 Å². The molecule has 1 aromatic carbocycles. The number of sulfonamides is 1. The van der Waals surface area contributed by atoms with Crippen molar-refractivity contribution < 1.29 is 41.8 Å². The van der Waals surface area contributed by atoms with E-state index in [1.807, 2.05) is 36.4 Å². The van der Waals surface area contributed by atoms with Gasteiger partial charge < -0.3 is 34.6 Å². The van der Waals surface area contributed by atoms with Crippen molar-refractivity contribution in [3.8, 4) is 11.6 Å². The molecule has 3 N–H and O–H groups in total. The molecule has 3 aliphatic heterocycles. The summed E-state index contributed by atoms with van der Waals surface area (Å²) in [5.74, 6) is -1.54. The standard InChI is InChI=1S/C41H52N6O9S/c1-3-28-22-41(28,39(50)45-57(52,53)32-14-15-32)44-36(48)34-21-31-24-47(34)38(49)35(25-9-6-7-10-25)43-40(51)46-17-16-30(23-46)55-18-8-4-5-11-27-19-26-12-13-29(54-2)20-33(26)42-37(27)56-31/h3,5,11-13,19-20,25,28,30-32,34-35H,1,4,6-10,14-18,21-24H2,2H3,(H,43,51)(H,44,48)(H,45,50)/b11-5+/t28-,30-,31+,34-,35-,41+/m0/s1. The quantitative estimate of drug-likeness (QED) is 0.334. The Labute approximate surface area is 333 Å². The van der Waals surface area contributed by atoms with Crippen molar-refractivity contribution in [2.24, 2.45) is 11.8 Å². The summed E-state index contributed by atoms with van der Waals surface area (Å²) >= 11 is 0. The zero-order valence-corrected chi connectivity index (χ0v) is 33.1. The molecule has 5 amide bonds. The third-order valence-corrected chi connectivity index (χ3v) is 14.2. The first-order chi connectivity index (χ1) is 27.5. The van der Waals surface area contributed by atoms with E-state index in [0.29, 0.717) is 56.1 Å². The Balaban J connectivity index is 1.14. The molecule has 5 fully saturated rings. The van der Waals surface area contributed by atoms with Gasteiger partial charge in [0.2, 0.25) is 27.7 Å². The van der Waals surface area contributed by atoms with Crippen LogP contribution in [0.4, 0.5) is 4.79 Å². The van der Waals surface area contributed by atoms with Gasteiger partial charge in [0.1, 0.15) is 29.5 Å². The molecule has 57 heavy (non-hydrogen) atoms. The third kappa shape index (κ3) is 8.20. The fourth-order valence-electron chi connectivity index (χ4n) is 8.82. The molecular weight excluding hydrogens is 753 g/mol. The first-order valence-electron chi connectivity index (χ1n) is 20.3. The first-order valence-corrected chi connectivity index (χ1v) is 21.8. The first kappa shape index (κ1) is 39.1. The lowest BCUT2D eigenvalue weighted by molar-refractivity contribution is -0.142. The normalized spacial score (nSPS) is 30.3. The molecule has 4 heterocycles. The molecule has 8 rings (SSSR count). The van der Waals surface area contributed by atoms with Gasteiger partial charge in [-0.15, -0.1) is 6.58 Å². The van der Waals surface area contributed by atoms with E-state index >= 15 is 0 Å². The van der Waals surface area contributed by atoms with E-state index in [9.17, 15) is 27.6 Å². The largest absolute Gasteiger partial charge is 0.497 e. The van der Waals surface area contributed by atoms with Crippen molar-refractivity contribution >= 4 is 50.8 Å². The number of allylic oxidation sites excluding steroid dienone is 1. The second-order valence-electron chi connectivity index (χ2n) is 16.3. The number of nitrogens with zero attached hydrogens (tertiary/aromatic N) is 3. The summed E-state index contributed by atoms with van der Waals surface area (Å²) in [7, 11) is -2.32. The molecule has 1 aromatic heterocycles. The molecular formula is C41H52N6O9S. The minimum absolute atomic E-state index is 0.0107. The third-order valence-electron chi connectivity index (χ3n) is 12.4. The molecule has 0 radical (unpaired) electrons. The second-order valence-corrected chi connectivity index (χ2v) is 18.3. The highest BCUT2D eigenvalue weighted by Crippen LogP contribution is 2.46. The van der Waals surface area contributed by atoms with Crippen LogP contribution in [-0.2, 0) is 29.1 Å². The van der Waals surface area contributed by atoms with Crippen LogP contribution in [-0.4, -0.2) is 115 Å². The lowest BCUT2D eigenvalue weighted by Gasteiger charge is -2.33. The van der Waals surface area contributed by atoms with Crippen LogP contribution in [0.3, 0.4) is 0 Å². The van der Waals surface area contributed by atoms with Gasteiger partial charge in [0.15, 0.2) is 0 Å². The van der Waals surface area contributed by atoms with Crippen LogP contribution in [0.1, 0.15) is 76.2 Å². The van der Waals surface area contributed by atoms with Gasteiger partial charge in [0, 0.05) is 49.1 Å². The number of carbonyl (C=O) groups excluding carboxylic acids is 4. The van der Waals surface area contributed by atoms with Gasteiger partial charge in [-0.2, -0.15) is 0 Å². The minimum atomic E-state index is -3.90. The average Bonchev–Trinajstić information content (AvgIpc) is 3.97. The highest BCUT2D eigenvalue weighted by molar-refractivity contribution is 7.91. The van der Waals surface area contributed by atoms with Gasteiger partial charge in [-0.1, -0.05) is 31.1 Å². The van der Waals surface area contributed by atoms with Crippen LogP contribution in [0.15, 0.2) is 43.0 Å². The SMILES string of the molecule is C=C[C@H]1C[C@]1(NC(=O)[C@@H]1C[C@@H]2CN1C(=O)[C@H](C1CCCC1)NC(=O)N1CC[C@@H](C1)OCCC/C=C/c1cc3ccc(OC)cc3nc1O2)C(=O)NS(=O)(=O)C1CC1. The van der Waals surface area contributed by atoms with Gasteiger partial charge in [-0.05, 0) is 75.5 Å². The summed E-state index contributed by atoms with van der Waals surface area (Å²) in [4.78, 5) is 64.9. The number of ether oxygens (including phenoxy) is 3. The van der Waals surface area contributed by atoms with Gasteiger partial charge in [0.05, 0.1) is 30.5 Å². The number of hydrogen-bond acceptors (Lipinski definition) is 10. The van der Waals surface area contributed by atoms with Crippen LogP contribution < -0.4 is 24.8 Å². The topological polar surface area (TPSA) is 186 Å². The summed E-state index contributed by atoms with van der Waals surface area (Å²) in [5, 5.41) is 6.17. The zero-order valence-electron chi connectivity index (χ0n) is 32.3. The van der Waals surface area contributed by atoms with E-state index in [1.165, 1.54) is 11.0 Å². The number of urea groups is 1. The van der Waals surface area contributed by atoms with Crippen molar-refractivity contribution in [2.45, 2.75) is 106 Å². The molecule has 16 heteroatoms. The van der Waals surface area contributed by atoms with Crippen molar-refractivity contribution in [3.63, 3.8) is 0 Å². The summed E-state index contributed by atoms with van der Waals surface area (Å²) in [6.45, 7) is 5.29. The van der Waals surface area contributed by atoms with E-state index in [0.717, 1.165) is 49.5 Å². The van der Waals surface area contributed by atoms with Crippen molar-refractivity contribution in [3.05, 3.63) is 48.6 Å². The van der Waals surface area contributed by atoms with Gasteiger partial charge in [0.25, 0.3) is 5.91 Å². The fraction of sp³-hybridized carbons (Fsp3) is 0.585. The lowest BCUT2D eigenvalue weighted by Crippen LogP contribution is -2.59. The lowest BCUT2D eigenvalue weighted by atomic mass is 9.96. The highest BCUT2D eigenvalue weighted by atomic mass is 32.2. The maximum Gasteiger partial charge on any atom is 0.318 e. The Morgan fingerprint density at radius 3 is 2.61 bits per heavy atom. The maximum absolute atomic E-state index is 14.9. The number of fused-ring (bicyclic) bond motifs is 6. The number of pyridine rings is 1. The van der Waals surface area contributed by atoms with E-state index in [2.05, 4.69) is 21.9 Å². The summed E-state index contributed by atoms with van der Waals surface area (Å²) in [6, 6.07) is 5.23. The molecule has 2 saturated heterocycles. The Kier molecular flexibility index (Phi) is 10.9. The molecule has 3 saturated carbocycles. The number of methoxy groups -OCH3 is 1. The van der Waals surface area contributed by atoms with Crippen molar-refractivity contribution in [1.82, 2.24) is 30.1 Å². The van der Waals surface area contributed by atoms with Crippen molar-refractivity contribution in [2.75, 3.05) is 33.4 Å². The zero-order chi connectivity index (χ0) is 39.9. The number of carbonyl (C=O) groups is 4. The summed E-state index contributed by atoms with van der Waals surface area (Å²) in [5.41, 5.74) is -0.177. The Morgan fingerprint density at radius 1 is 1.07 bits per heavy atom. The second kappa shape index (κ2) is 15.9. The van der Waals surface area contributed by atoms with Crippen LogP contribution in [0.5, 0.6) is 11.6 Å². The average molecular weight is 805 g/mol. The number of aromatic nitrogens is 1. The van der Waals surface area contributed by atoms with E-state index in [-0.39, 0.29) is 37.4 Å². The molecule has 4 bridgehead atoms. The Morgan fingerprint density at radius 2 is 1.88 bits per heavy atom. The van der Waals surface area contributed by atoms with E-state index in [4.69, 9.17) is 19.2 Å². The number of amides is 5. The Hall–Kier alpha value is -4.70.